The Kier molecular flexibility index (Phi) is 4.07. The van der Waals surface area contributed by atoms with Gasteiger partial charge in [-0.25, -0.2) is 4.79 Å². The summed E-state index contributed by atoms with van der Waals surface area (Å²) in [5.41, 5.74) is 0.587. The lowest BCUT2D eigenvalue weighted by Crippen LogP contribution is -2.15. The van der Waals surface area contributed by atoms with Crippen LogP contribution in [0.4, 0.5) is 0 Å². The summed E-state index contributed by atoms with van der Waals surface area (Å²) in [5.74, 6) is -0.588. The summed E-state index contributed by atoms with van der Waals surface area (Å²) in [6, 6.07) is 7.46. The van der Waals surface area contributed by atoms with Crippen LogP contribution in [-0.4, -0.2) is 22.9 Å². The van der Waals surface area contributed by atoms with Gasteiger partial charge in [-0.2, -0.15) is 0 Å². The maximum atomic E-state index is 11.3. The highest BCUT2D eigenvalue weighted by Gasteiger charge is 2.23. The van der Waals surface area contributed by atoms with Crippen molar-refractivity contribution in [3.63, 3.8) is 0 Å². The Labute approximate surface area is 105 Å². The van der Waals surface area contributed by atoms with Crippen molar-refractivity contribution in [1.82, 2.24) is 0 Å². The van der Waals surface area contributed by atoms with E-state index in [2.05, 4.69) is 0 Å². The van der Waals surface area contributed by atoms with Crippen molar-refractivity contribution in [3.05, 3.63) is 29.8 Å². The fourth-order valence-corrected chi connectivity index (χ4v) is 2.51. The third-order valence-electron chi connectivity index (χ3n) is 2.53. The summed E-state index contributed by atoms with van der Waals surface area (Å²) in [6.45, 7) is 2.01. The lowest BCUT2D eigenvalue weighted by molar-refractivity contribution is -0.153. The quantitative estimate of drug-likeness (QED) is 0.818. The third kappa shape index (κ3) is 3.48. The van der Waals surface area contributed by atoms with E-state index in [1.54, 1.807) is 19.1 Å². The van der Waals surface area contributed by atoms with Crippen LogP contribution in [0, 0.1) is 0 Å². The van der Waals surface area contributed by atoms with Gasteiger partial charge in [0.2, 0.25) is 0 Å². The number of rotatable bonds is 5. The smallest absolute Gasteiger partial charge is 0.339 e. The van der Waals surface area contributed by atoms with Crippen LogP contribution in [0.2, 0.25) is 0 Å². The highest BCUT2D eigenvalue weighted by molar-refractivity contribution is 8.00. The van der Waals surface area contributed by atoms with Gasteiger partial charge < -0.3 is 9.84 Å². The fourth-order valence-electron chi connectivity index (χ4n) is 1.46. The maximum absolute atomic E-state index is 11.3. The van der Waals surface area contributed by atoms with Crippen molar-refractivity contribution in [3.8, 4) is 0 Å². The minimum absolute atomic E-state index is 0.283. The second kappa shape index (κ2) is 5.56. The van der Waals surface area contributed by atoms with Gasteiger partial charge in [-0.15, -0.1) is 11.8 Å². The SMILES string of the molecule is CCOC(=O)C(O)c1ccc(SC2CC2)cc1. The minimum atomic E-state index is -1.17. The first-order valence-corrected chi connectivity index (χ1v) is 6.70. The zero-order chi connectivity index (χ0) is 12.3. The molecule has 2 rings (SSSR count). The number of thioether (sulfide) groups is 1. The third-order valence-corrected chi connectivity index (χ3v) is 3.88. The van der Waals surface area contributed by atoms with Crippen molar-refractivity contribution >= 4 is 17.7 Å². The predicted molar refractivity (Wildman–Crippen MR) is 66.9 cm³/mol. The van der Waals surface area contributed by atoms with Crippen LogP contribution in [0.3, 0.4) is 0 Å². The molecule has 3 nitrogen and oxygen atoms in total. The Hall–Kier alpha value is -1.00. The van der Waals surface area contributed by atoms with Crippen molar-refractivity contribution in [2.24, 2.45) is 0 Å². The van der Waals surface area contributed by atoms with Gasteiger partial charge in [0.25, 0.3) is 0 Å². The van der Waals surface area contributed by atoms with Crippen LogP contribution < -0.4 is 0 Å². The van der Waals surface area contributed by atoms with E-state index < -0.39 is 12.1 Å². The molecule has 0 bridgehead atoms. The van der Waals surface area contributed by atoms with E-state index in [4.69, 9.17) is 4.74 Å². The standard InChI is InChI=1S/C13H16O3S/c1-2-16-13(15)12(14)9-3-5-10(6-4-9)17-11-7-8-11/h3-6,11-12,14H,2,7-8H2,1H3. The normalized spacial score (nSPS) is 16.6. The second-order valence-electron chi connectivity index (χ2n) is 4.04. The molecule has 0 heterocycles. The molecule has 92 valence electrons. The van der Waals surface area contributed by atoms with Gasteiger partial charge in [-0.05, 0) is 37.5 Å². The van der Waals surface area contributed by atoms with Crippen molar-refractivity contribution in [1.29, 1.82) is 0 Å². The molecule has 0 saturated heterocycles. The van der Waals surface area contributed by atoms with Gasteiger partial charge in [-0.3, -0.25) is 0 Å². The summed E-state index contributed by atoms with van der Waals surface area (Å²) < 4.78 is 4.77. The average molecular weight is 252 g/mol. The Morgan fingerprint density at radius 3 is 2.65 bits per heavy atom. The first-order chi connectivity index (χ1) is 8.20. The highest BCUT2D eigenvalue weighted by atomic mass is 32.2. The van der Waals surface area contributed by atoms with Gasteiger partial charge in [0.1, 0.15) is 0 Å². The summed E-state index contributed by atoms with van der Waals surface area (Å²) in [7, 11) is 0. The number of ether oxygens (including phenoxy) is 1. The molecule has 0 amide bonds. The van der Waals surface area contributed by atoms with Gasteiger partial charge >= 0.3 is 5.97 Å². The fraction of sp³-hybridized carbons (Fsp3) is 0.462. The highest BCUT2D eigenvalue weighted by Crippen LogP contribution is 2.39. The van der Waals surface area contributed by atoms with Gasteiger partial charge in [0, 0.05) is 10.1 Å². The van der Waals surface area contributed by atoms with E-state index in [1.807, 2.05) is 23.9 Å². The van der Waals surface area contributed by atoms with Crippen molar-refractivity contribution < 1.29 is 14.6 Å². The molecular weight excluding hydrogens is 236 g/mol. The zero-order valence-electron chi connectivity index (χ0n) is 9.76. The number of esters is 1. The van der Waals surface area contributed by atoms with Crippen LogP contribution in [0.1, 0.15) is 31.4 Å². The van der Waals surface area contributed by atoms with E-state index in [9.17, 15) is 9.90 Å². The van der Waals surface area contributed by atoms with E-state index in [1.165, 1.54) is 17.7 Å². The number of carbonyl (C=O) groups is 1. The molecule has 0 spiro atoms. The molecule has 0 radical (unpaired) electrons. The van der Waals surface area contributed by atoms with E-state index >= 15 is 0 Å². The molecule has 1 aliphatic rings. The van der Waals surface area contributed by atoms with Gasteiger partial charge in [0.15, 0.2) is 6.10 Å². The predicted octanol–water partition coefficient (Wildman–Crippen LogP) is 2.54. The maximum Gasteiger partial charge on any atom is 0.339 e. The van der Waals surface area contributed by atoms with Crippen LogP contribution in [0.15, 0.2) is 29.2 Å². The molecule has 1 unspecified atom stereocenters. The lowest BCUT2D eigenvalue weighted by atomic mass is 10.1. The molecule has 1 aromatic rings. The van der Waals surface area contributed by atoms with Crippen molar-refractivity contribution in [2.75, 3.05) is 6.61 Å². The zero-order valence-corrected chi connectivity index (χ0v) is 10.6. The molecule has 0 aliphatic heterocycles. The number of benzene rings is 1. The Morgan fingerprint density at radius 1 is 1.47 bits per heavy atom. The van der Waals surface area contributed by atoms with Crippen LogP contribution in [0.5, 0.6) is 0 Å². The van der Waals surface area contributed by atoms with Crippen LogP contribution >= 0.6 is 11.8 Å². The molecule has 1 saturated carbocycles. The minimum Gasteiger partial charge on any atom is -0.464 e. The molecule has 1 aliphatic carbocycles. The monoisotopic (exact) mass is 252 g/mol. The molecule has 4 heteroatoms. The van der Waals surface area contributed by atoms with Crippen molar-refractivity contribution in [2.45, 2.75) is 36.0 Å². The summed E-state index contributed by atoms with van der Waals surface area (Å²) in [6.07, 6.45) is 1.41. The van der Waals surface area contributed by atoms with E-state index in [0.717, 1.165) is 5.25 Å². The van der Waals surface area contributed by atoms with E-state index in [0.29, 0.717) is 5.56 Å². The lowest BCUT2D eigenvalue weighted by Gasteiger charge is -2.10. The van der Waals surface area contributed by atoms with Gasteiger partial charge in [0.05, 0.1) is 6.61 Å². The Morgan fingerprint density at radius 2 is 2.12 bits per heavy atom. The first kappa shape index (κ1) is 12.5. The number of carbonyl (C=O) groups excluding carboxylic acids is 1. The largest absolute Gasteiger partial charge is 0.464 e. The summed E-state index contributed by atoms with van der Waals surface area (Å²) in [4.78, 5) is 12.5. The molecule has 1 aromatic carbocycles. The summed E-state index contributed by atoms with van der Waals surface area (Å²) in [5, 5.41) is 10.5. The molecule has 17 heavy (non-hydrogen) atoms. The van der Waals surface area contributed by atoms with E-state index in [-0.39, 0.29) is 6.61 Å². The topological polar surface area (TPSA) is 46.5 Å². The molecule has 0 aromatic heterocycles. The second-order valence-corrected chi connectivity index (χ2v) is 5.41. The summed E-state index contributed by atoms with van der Waals surface area (Å²) >= 11 is 1.85. The number of hydrogen-bond donors (Lipinski definition) is 1. The van der Waals surface area contributed by atoms with Crippen LogP contribution in [0.25, 0.3) is 0 Å². The number of hydrogen-bond acceptors (Lipinski definition) is 4. The Bertz CT molecular complexity index is 384. The number of aliphatic hydroxyl groups is 1. The Balaban J connectivity index is 1.98. The first-order valence-electron chi connectivity index (χ1n) is 5.82. The molecule has 1 fully saturated rings. The molecule has 1 N–H and O–H groups in total. The van der Waals surface area contributed by atoms with Crippen LogP contribution in [-0.2, 0) is 9.53 Å². The van der Waals surface area contributed by atoms with Gasteiger partial charge in [-0.1, -0.05) is 12.1 Å². The molecule has 1 atom stereocenters. The average Bonchev–Trinajstić information content (AvgIpc) is 3.13. The number of aliphatic hydroxyl groups excluding tert-OH is 1. The molecular formula is C13H16O3S.